The van der Waals surface area contributed by atoms with Crippen LogP contribution >= 0.6 is 0 Å². The number of anilines is 1. The van der Waals surface area contributed by atoms with Gasteiger partial charge in [0.15, 0.2) is 11.5 Å². The molecule has 3 aromatic rings. The molecule has 2 aliphatic heterocycles. The molecule has 2 aliphatic rings. The van der Waals surface area contributed by atoms with Crippen molar-refractivity contribution < 1.29 is 9.47 Å². The van der Waals surface area contributed by atoms with Crippen molar-refractivity contribution >= 4 is 5.69 Å². The maximum Gasteiger partial charge on any atom is 0.161 e. The van der Waals surface area contributed by atoms with Crippen molar-refractivity contribution in [2.75, 3.05) is 44.2 Å². The largest absolute Gasteiger partial charge is 0.486 e. The molecule has 0 spiro atoms. The number of ether oxygens (including phenoxy) is 2. The lowest BCUT2D eigenvalue weighted by molar-refractivity contribution is 0.0571. The Labute approximate surface area is 172 Å². The Balaban J connectivity index is 1.18. The van der Waals surface area contributed by atoms with Gasteiger partial charge in [0.05, 0.1) is 0 Å². The van der Waals surface area contributed by atoms with Gasteiger partial charge in [-0.15, -0.1) is 0 Å². The zero-order valence-electron chi connectivity index (χ0n) is 16.5. The molecular formula is C25H26N2O2. The van der Waals surface area contributed by atoms with Gasteiger partial charge in [-0.2, -0.15) is 0 Å². The van der Waals surface area contributed by atoms with Gasteiger partial charge in [-0.1, -0.05) is 54.6 Å². The van der Waals surface area contributed by atoms with Gasteiger partial charge in [0, 0.05) is 38.4 Å². The zero-order valence-corrected chi connectivity index (χ0v) is 16.5. The van der Waals surface area contributed by atoms with E-state index < -0.39 is 0 Å². The van der Waals surface area contributed by atoms with Crippen LogP contribution in [0.25, 0.3) is 11.1 Å². The first-order valence-corrected chi connectivity index (χ1v) is 10.4. The molecule has 29 heavy (non-hydrogen) atoms. The fraction of sp³-hybridized carbons (Fsp3) is 0.280. The van der Waals surface area contributed by atoms with E-state index in [-0.39, 0.29) is 6.10 Å². The molecule has 1 fully saturated rings. The summed E-state index contributed by atoms with van der Waals surface area (Å²) in [4.78, 5) is 4.97. The average Bonchev–Trinajstić information content (AvgIpc) is 2.80. The predicted molar refractivity (Wildman–Crippen MR) is 117 cm³/mol. The van der Waals surface area contributed by atoms with Crippen LogP contribution in [0, 0.1) is 0 Å². The monoisotopic (exact) mass is 386 g/mol. The van der Waals surface area contributed by atoms with E-state index in [0.29, 0.717) is 6.61 Å². The van der Waals surface area contributed by atoms with Gasteiger partial charge in [0.25, 0.3) is 0 Å². The quantitative estimate of drug-likeness (QED) is 0.667. The number of hydrogen-bond acceptors (Lipinski definition) is 4. The van der Waals surface area contributed by atoms with E-state index in [1.165, 1.54) is 16.8 Å². The lowest BCUT2D eigenvalue weighted by Crippen LogP contribution is -2.50. The van der Waals surface area contributed by atoms with Crippen LogP contribution in [0.15, 0.2) is 78.9 Å². The molecule has 0 radical (unpaired) electrons. The van der Waals surface area contributed by atoms with Gasteiger partial charge in [-0.25, -0.2) is 0 Å². The summed E-state index contributed by atoms with van der Waals surface area (Å²) < 4.78 is 12.0. The van der Waals surface area contributed by atoms with Gasteiger partial charge < -0.3 is 14.4 Å². The first-order chi connectivity index (χ1) is 14.3. The summed E-state index contributed by atoms with van der Waals surface area (Å²) in [6, 6.07) is 27.4. The van der Waals surface area contributed by atoms with Crippen molar-refractivity contribution in [3.63, 3.8) is 0 Å². The average molecular weight is 386 g/mol. The van der Waals surface area contributed by atoms with Crippen LogP contribution in [0.5, 0.6) is 11.5 Å². The Morgan fingerprint density at radius 3 is 2.28 bits per heavy atom. The summed E-state index contributed by atoms with van der Waals surface area (Å²) >= 11 is 0. The van der Waals surface area contributed by atoms with E-state index in [2.05, 4.69) is 64.4 Å². The molecule has 148 valence electrons. The van der Waals surface area contributed by atoms with Crippen molar-refractivity contribution in [3.05, 3.63) is 78.9 Å². The number of fused-ring (bicyclic) bond motifs is 1. The molecule has 4 heteroatoms. The smallest absolute Gasteiger partial charge is 0.161 e. The normalized spacial score (nSPS) is 19.2. The molecular weight excluding hydrogens is 360 g/mol. The molecule has 1 unspecified atom stereocenters. The molecule has 0 aliphatic carbocycles. The maximum absolute atomic E-state index is 6.13. The topological polar surface area (TPSA) is 24.9 Å². The molecule has 0 saturated carbocycles. The standard InChI is InChI=1S/C25H26N2O2/c1-2-7-20(8-3-1)21-9-6-10-22(17-21)27-15-13-26(14-16-27)18-23-19-28-24-11-4-5-12-25(24)29-23/h1-12,17,23H,13-16,18-19H2. The first-order valence-electron chi connectivity index (χ1n) is 10.4. The van der Waals surface area contributed by atoms with E-state index >= 15 is 0 Å². The predicted octanol–water partition coefficient (Wildman–Crippen LogP) is 4.32. The van der Waals surface area contributed by atoms with Crippen LogP contribution in [0.1, 0.15) is 0 Å². The summed E-state index contributed by atoms with van der Waals surface area (Å²) in [5.74, 6) is 1.71. The van der Waals surface area contributed by atoms with Crippen molar-refractivity contribution in [1.82, 2.24) is 4.90 Å². The van der Waals surface area contributed by atoms with Crippen LogP contribution in [0.2, 0.25) is 0 Å². The third-order valence-electron chi connectivity index (χ3n) is 5.72. The molecule has 1 saturated heterocycles. The van der Waals surface area contributed by atoms with E-state index in [9.17, 15) is 0 Å². The van der Waals surface area contributed by atoms with Gasteiger partial charge in [-0.3, -0.25) is 4.90 Å². The fourth-order valence-corrected chi connectivity index (χ4v) is 4.14. The van der Waals surface area contributed by atoms with E-state index in [4.69, 9.17) is 9.47 Å². The second kappa shape index (κ2) is 8.18. The Morgan fingerprint density at radius 1 is 0.724 bits per heavy atom. The van der Waals surface area contributed by atoms with E-state index in [1.54, 1.807) is 0 Å². The molecule has 0 amide bonds. The lowest BCUT2D eigenvalue weighted by Gasteiger charge is -2.38. The Morgan fingerprint density at radius 2 is 1.45 bits per heavy atom. The summed E-state index contributed by atoms with van der Waals surface area (Å²) in [5.41, 5.74) is 3.84. The van der Waals surface area contributed by atoms with Crippen LogP contribution in [0.4, 0.5) is 5.69 Å². The van der Waals surface area contributed by atoms with Crippen molar-refractivity contribution in [2.45, 2.75) is 6.10 Å². The third kappa shape index (κ3) is 4.08. The minimum atomic E-state index is 0.0952. The molecule has 5 rings (SSSR count). The Bertz CT molecular complexity index is 952. The van der Waals surface area contributed by atoms with Gasteiger partial charge in [0.2, 0.25) is 0 Å². The summed E-state index contributed by atoms with van der Waals surface area (Å²) in [6.45, 7) is 5.67. The summed E-state index contributed by atoms with van der Waals surface area (Å²) in [5, 5.41) is 0. The van der Waals surface area contributed by atoms with Crippen LogP contribution in [-0.4, -0.2) is 50.3 Å². The van der Waals surface area contributed by atoms with E-state index in [1.807, 2.05) is 24.3 Å². The number of benzene rings is 3. The Kier molecular flexibility index (Phi) is 5.10. The molecule has 4 nitrogen and oxygen atoms in total. The van der Waals surface area contributed by atoms with E-state index in [0.717, 1.165) is 44.2 Å². The molecule has 1 atom stereocenters. The number of piperazine rings is 1. The third-order valence-corrected chi connectivity index (χ3v) is 5.72. The van der Waals surface area contributed by atoms with Gasteiger partial charge in [0.1, 0.15) is 12.7 Å². The highest BCUT2D eigenvalue weighted by Crippen LogP contribution is 2.31. The SMILES string of the molecule is c1ccc(-c2cccc(N3CCN(CC4COc5ccccc5O4)CC3)c2)cc1. The Hall–Kier alpha value is -2.98. The molecule has 0 N–H and O–H groups in total. The minimum absolute atomic E-state index is 0.0952. The minimum Gasteiger partial charge on any atom is -0.486 e. The number of hydrogen-bond donors (Lipinski definition) is 0. The number of rotatable bonds is 4. The summed E-state index contributed by atoms with van der Waals surface area (Å²) in [7, 11) is 0. The highest BCUT2D eigenvalue weighted by molar-refractivity contribution is 5.68. The molecule has 3 aromatic carbocycles. The number of para-hydroxylation sites is 2. The van der Waals surface area contributed by atoms with Crippen LogP contribution in [-0.2, 0) is 0 Å². The zero-order chi connectivity index (χ0) is 19.5. The highest BCUT2D eigenvalue weighted by Gasteiger charge is 2.25. The van der Waals surface area contributed by atoms with Gasteiger partial charge in [-0.05, 0) is 35.4 Å². The lowest BCUT2D eigenvalue weighted by atomic mass is 10.0. The maximum atomic E-state index is 6.13. The molecule has 0 aromatic heterocycles. The van der Waals surface area contributed by atoms with Crippen LogP contribution in [0.3, 0.4) is 0 Å². The van der Waals surface area contributed by atoms with Crippen molar-refractivity contribution in [3.8, 4) is 22.6 Å². The second-order valence-electron chi connectivity index (χ2n) is 7.70. The first kappa shape index (κ1) is 18.1. The molecule has 0 bridgehead atoms. The molecule has 2 heterocycles. The fourth-order valence-electron chi connectivity index (χ4n) is 4.14. The summed E-state index contributed by atoms with van der Waals surface area (Å²) in [6.07, 6.45) is 0.0952. The van der Waals surface area contributed by atoms with Crippen molar-refractivity contribution in [1.29, 1.82) is 0 Å². The van der Waals surface area contributed by atoms with Crippen LogP contribution < -0.4 is 14.4 Å². The highest BCUT2D eigenvalue weighted by atomic mass is 16.6. The van der Waals surface area contributed by atoms with Gasteiger partial charge >= 0.3 is 0 Å². The van der Waals surface area contributed by atoms with Crippen molar-refractivity contribution in [2.24, 2.45) is 0 Å². The number of nitrogens with zero attached hydrogens (tertiary/aromatic N) is 2. The second-order valence-corrected chi connectivity index (χ2v) is 7.70.